The second-order valence-corrected chi connectivity index (χ2v) is 3.18. The van der Waals surface area contributed by atoms with E-state index >= 15 is 0 Å². The van der Waals surface area contributed by atoms with Crippen molar-refractivity contribution < 1.29 is 4.74 Å². The fourth-order valence-corrected chi connectivity index (χ4v) is 1.19. The summed E-state index contributed by atoms with van der Waals surface area (Å²) in [7, 11) is 0. The van der Waals surface area contributed by atoms with E-state index in [-0.39, 0.29) is 0 Å². The fourth-order valence-electron chi connectivity index (χ4n) is 1.19. The minimum atomic E-state index is 0.781. The molecule has 0 atom stereocenters. The molecule has 0 fully saturated rings. The van der Waals surface area contributed by atoms with E-state index in [1.807, 2.05) is 18.2 Å². The summed E-state index contributed by atoms with van der Waals surface area (Å²) in [4.78, 5) is 3.97. The van der Waals surface area contributed by atoms with Crippen LogP contribution in [0.5, 0.6) is 5.75 Å². The molecule has 0 amide bonds. The quantitative estimate of drug-likeness (QED) is 0.487. The van der Waals surface area contributed by atoms with Crippen LogP contribution in [0, 0.1) is 0 Å². The number of rotatable bonds is 7. The predicted octanol–water partition coefficient (Wildman–Crippen LogP) is 3.21. The van der Waals surface area contributed by atoms with Crippen molar-refractivity contribution in [2.75, 3.05) is 6.61 Å². The third kappa shape index (κ3) is 4.65. The summed E-state index contributed by atoms with van der Waals surface area (Å²) in [5.74, 6) is 0.858. The Morgan fingerprint density at radius 3 is 3.00 bits per heavy atom. The van der Waals surface area contributed by atoms with Gasteiger partial charge in [0.25, 0.3) is 0 Å². The molecule has 0 aliphatic heterocycles. The van der Waals surface area contributed by atoms with Gasteiger partial charge in [-0.15, -0.1) is 6.58 Å². The zero-order valence-electron chi connectivity index (χ0n) is 8.48. The first kappa shape index (κ1) is 10.8. The van der Waals surface area contributed by atoms with Gasteiger partial charge in [-0.2, -0.15) is 0 Å². The highest BCUT2D eigenvalue weighted by atomic mass is 16.5. The van der Waals surface area contributed by atoms with Crippen LogP contribution >= 0.6 is 0 Å². The normalized spacial score (nSPS) is 9.71. The second kappa shape index (κ2) is 7.13. The van der Waals surface area contributed by atoms with E-state index in [9.17, 15) is 0 Å². The third-order valence-electron chi connectivity index (χ3n) is 1.96. The fraction of sp³-hybridized carbons (Fsp3) is 0.417. The predicted molar refractivity (Wildman–Crippen MR) is 58.4 cm³/mol. The molecule has 0 aliphatic carbocycles. The Bertz CT molecular complexity index is 246. The van der Waals surface area contributed by atoms with Gasteiger partial charge in [0.1, 0.15) is 5.75 Å². The maximum Gasteiger partial charge on any atom is 0.137 e. The first-order chi connectivity index (χ1) is 6.93. The molecule has 76 valence electrons. The summed E-state index contributed by atoms with van der Waals surface area (Å²) >= 11 is 0. The first-order valence-corrected chi connectivity index (χ1v) is 5.07. The molecule has 0 aromatic carbocycles. The average Bonchev–Trinajstić information content (AvgIpc) is 2.25. The standard InChI is InChI=1S/C12H17NO/c1-2-3-4-5-6-10-14-12-8-7-9-13-11-12/h2,7-9,11H,1,3-6,10H2. The highest BCUT2D eigenvalue weighted by Gasteiger charge is 1.91. The van der Waals surface area contributed by atoms with Crippen molar-refractivity contribution in [2.24, 2.45) is 0 Å². The van der Waals surface area contributed by atoms with Crippen LogP contribution < -0.4 is 4.74 Å². The van der Waals surface area contributed by atoms with Gasteiger partial charge in [-0.3, -0.25) is 4.98 Å². The van der Waals surface area contributed by atoms with Crippen molar-refractivity contribution in [1.82, 2.24) is 4.98 Å². The molecule has 0 aliphatic rings. The van der Waals surface area contributed by atoms with E-state index in [0.717, 1.165) is 25.2 Å². The SMILES string of the molecule is C=CCCCCCOc1cccnc1. The molecule has 1 heterocycles. The van der Waals surface area contributed by atoms with Gasteiger partial charge in [0.2, 0.25) is 0 Å². The molecule has 0 bridgehead atoms. The summed E-state index contributed by atoms with van der Waals surface area (Å²) in [6.45, 7) is 4.47. The summed E-state index contributed by atoms with van der Waals surface area (Å²) in [6.07, 6.45) is 10.1. The van der Waals surface area contributed by atoms with Crippen LogP contribution in [0.3, 0.4) is 0 Å². The Kier molecular flexibility index (Phi) is 5.48. The molecule has 0 spiro atoms. The van der Waals surface area contributed by atoms with Gasteiger partial charge in [0, 0.05) is 6.20 Å². The first-order valence-electron chi connectivity index (χ1n) is 5.07. The van der Waals surface area contributed by atoms with Gasteiger partial charge in [-0.1, -0.05) is 6.08 Å². The van der Waals surface area contributed by atoms with Crippen molar-refractivity contribution in [1.29, 1.82) is 0 Å². The number of nitrogens with zero attached hydrogens (tertiary/aromatic N) is 1. The summed E-state index contributed by atoms with van der Waals surface area (Å²) in [5.41, 5.74) is 0. The van der Waals surface area contributed by atoms with Crippen LogP contribution in [0.1, 0.15) is 25.7 Å². The molecule has 0 radical (unpaired) electrons. The van der Waals surface area contributed by atoms with E-state index in [2.05, 4.69) is 11.6 Å². The van der Waals surface area contributed by atoms with E-state index in [1.54, 1.807) is 12.4 Å². The van der Waals surface area contributed by atoms with Crippen LogP contribution in [-0.2, 0) is 0 Å². The van der Waals surface area contributed by atoms with Gasteiger partial charge >= 0.3 is 0 Å². The Hall–Kier alpha value is -1.31. The number of ether oxygens (including phenoxy) is 1. The summed E-state index contributed by atoms with van der Waals surface area (Å²) < 4.78 is 5.50. The van der Waals surface area contributed by atoms with Gasteiger partial charge < -0.3 is 4.74 Å². The maximum atomic E-state index is 5.50. The molecular weight excluding hydrogens is 174 g/mol. The van der Waals surface area contributed by atoms with E-state index in [4.69, 9.17) is 4.74 Å². The number of pyridine rings is 1. The summed E-state index contributed by atoms with van der Waals surface area (Å²) in [6, 6.07) is 3.81. The Morgan fingerprint density at radius 1 is 1.36 bits per heavy atom. The molecule has 0 saturated carbocycles. The van der Waals surface area contributed by atoms with Crippen molar-refractivity contribution >= 4 is 0 Å². The molecule has 0 saturated heterocycles. The lowest BCUT2D eigenvalue weighted by atomic mass is 10.2. The van der Waals surface area contributed by atoms with Gasteiger partial charge in [0.15, 0.2) is 0 Å². The Labute approximate surface area is 85.6 Å². The largest absolute Gasteiger partial charge is 0.492 e. The van der Waals surface area contributed by atoms with Crippen molar-refractivity contribution in [3.63, 3.8) is 0 Å². The number of hydrogen-bond acceptors (Lipinski definition) is 2. The van der Waals surface area contributed by atoms with Gasteiger partial charge in [-0.05, 0) is 37.8 Å². The molecule has 2 heteroatoms. The van der Waals surface area contributed by atoms with Crippen molar-refractivity contribution in [2.45, 2.75) is 25.7 Å². The van der Waals surface area contributed by atoms with E-state index < -0.39 is 0 Å². The Balaban J connectivity index is 2.02. The van der Waals surface area contributed by atoms with Crippen LogP contribution in [0.15, 0.2) is 37.2 Å². The van der Waals surface area contributed by atoms with E-state index in [1.165, 1.54) is 12.8 Å². The van der Waals surface area contributed by atoms with E-state index in [0.29, 0.717) is 0 Å². The molecule has 0 unspecified atom stereocenters. The lowest BCUT2D eigenvalue weighted by molar-refractivity contribution is 0.304. The molecular formula is C12H17NO. The van der Waals surface area contributed by atoms with Crippen LogP contribution in [-0.4, -0.2) is 11.6 Å². The Morgan fingerprint density at radius 2 is 2.29 bits per heavy atom. The highest BCUT2D eigenvalue weighted by molar-refractivity contribution is 5.15. The number of hydrogen-bond donors (Lipinski definition) is 0. The number of aromatic nitrogens is 1. The zero-order valence-corrected chi connectivity index (χ0v) is 8.48. The monoisotopic (exact) mass is 191 g/mol. The lowest BCUT2D eigenvalue weighted by Crippen LogP contribution is -1.97. The van der Waals surface area contributed by atoms with Crippen LogP contribution in [0.2, 0.25) is 0 Å². The minimum absolute atomic E-state index is 0.781. The second-order valence-electron chi connectivity index (χ2n) is 3.18. The maximum absolute atomic E-state index is 5.50. The molecule has 1 aromatic rings. The number of allylic oxidation sites excluding steroid dienone is 1. The van der Waals surface area contributed by atoms with Crippen molar-refractivity contribution in [3.05, 3.63) is 37.2 Å². The minimum Gasteiger partial charge on any atom is -0.492 e. The van der Waals surface area contributed by atoms with Crippen molar-refractivity contribution in [3.8, 4) is 5.75 Å². The third-order valence-corrected chi connectivity index (χ3v) is 1.96. The van der Waals surface area contributed by atoms with Gasteiger partial charge in [0.05, 0.1) is 12.8 Å². The lowest BCUT2D eigenvalue weighted by Gasteiger charge is -2.04. The molecule has 0 N–H and O–H groups in total. The average molecular weight is 191 g/mol. The smallest absolute Gasteiger partial charge is 0.137 e. The topological polar surface area (TPSA) is 22.1 Å². The molecule has 1 rings (SSSR count). The summed E-state index contributed by atoms with van der Waals surface area (Å²) in [5, 5.41) is 0. The van der Waals surface area contributed by atoms with Crippen LogP contribution in [0.4, 0.5) is 0 Å². The van der Waals surface area contributed by atoms with Gasteiger partial charge in [-0.25, -0.2) is 0 Å². The number of unbranched alkanes of at least 4 members (excludes halogenated alkanes) is 3. The zero-order chi connectivity index (χ0) is 10.1. The van der Waals surface area contributed by atoms with Crippen LogP contribution in [0.25, 0.3) is 0 Å². The molecule has 1 aromatic heterocycles. The molecule has 14 heavy (non-hydrogen) atoms. The molecule has 2 nitrogen and oxygen atoms in total. The highest BCUT2D eigenvalue weighted by Crippen LogP contribution is 2.07.